The molecule has 0 aliphatic heterocycles. The maximum Gasteiger partial charge on any atom is 0.140 e. The maximum absolute atomic E-state index is 4.49. The summed E-state index contributed by atoms with van der Waals surface area (Å²) in [6, 6.07) is 6.05. The Morgan fingerprint density at radius 1 is 1.21 bits per heavy atom. The molecule has 5 heteroatoms. The second kappa shape index (κ2) is 5.24. The van der Waals surface area contributed by atoms with Crippen LogP contribution in [0.5, 0.6) is 0 Å². The predicted molar refractivity (Wildman–Crippen MR) is 74.7 cm³/mol. The van der Waals surface area contributed by atoms with Crippen molar-refractivity contribution in [1.29, 1.82) is 0 Å². The van der Waals surface area contributed by atoms with E-state index in [0.717, 1.165) is 25.3 Å². The number of nitrogens with one attached hydrogen (secondary N) is 1. The van der Waals surface area contributed by atoms with Gasteiger partial charge in [0.1, 0.15) is 5.65 Å². The van der Waals surface area contributed by atoms with Gasteiger partial charge >= 0.3 is 0 Å². The summed E-state index contributed by atoms with van der Waals surface area (Å²) in [4.78, 5) is 4.49. The van der Waals surface area contributed by atoms with Gasteiger partial charge in [0.25, 0.3) is 0 Å². The quantitative estimate of drug-likeness (QED) is 0.754. The van der Waals surface area contributed by atoms with Crippen LogP contribution in [0, 0.1) is 0 Å². The molecule has 0 aliphatic carbocycles. The number of fused-ring (bicyclic) bond motifs is 1. The molecule has 0 unspecified atom stereocenters. The van der Waals surface area contributed by atoms with Crippen molar-refractivity contribution in [3.8, 4) is 0 Å². The highest BCUT2D eigenvalue weighted by Gasteiger charge is 2.08. The van der Waals surface area contributed by atoms with Gasteiger partial charge in [-0.1, -0.05) is 0 Å². The lowest BCUT2D eigenvalue weighted by atomic mass is 10.2. The molecule has 0 radical (unpaired) electrons. The van der Waals surface area contributed by atoms with Gasteiger partial charge in [0, 0.05) is 43.3 Å². The Morgan fingerprint density at radius 3 is 2.95 bits per heavy atom. The Balaban J connectivity index is 1.90. The zero-order valence-electron chi connectivity index (χ0n) is 11.0. The molecule has 0 saturated heterocycles. The Bertz CT molecular complexity index is 654. The fraction of sp³-hybridized carbons (Fsp3) is 0.286. The number of rotatable bonds is 5. The summed E-state index contributed by atoms with van der Waals surface area (Å²) in [5, 5.41) is 8.65. The topological polar surface area (TPSA) is 47.7 Å². The minimum atomic E-state index is 0.854. The van der Waals surface area contributed by atoms with Crippen LogP contribution < -0.4 is 5.32 Å². The van der Waals surface area contributed by atoms with Gasteiger partial charge in [-0.3, -0.25) is 4.68 Å². The summed E-state index contributed by atoms with van der Waals surface area (Å²) in [7, 11) is 1.96. The van der Waals surface area contributed by atoms with E-state index in [4.69, 9.17) is 0 Å². The van der Waals surface area contributed by atoms with Crippen molar-refractivity contribution in [2.45, 2.75) is 19.6 Å². The summed E-state index contributed by atoms with van der Waals surface area (Å²) < 4.78 is 4.14. The summed E-state index contributed by atoms with van der Waals surface area (Å²) in [6.45, 7) is 2.59. The molecule has 0 amide bonds. The smallest absolute Gasteiger partial charge is 0.140 e. The highest BCUT2D eigenvalue weighted by molar-refractivity contribution is 5.80. The molecule has 98 valence electrons. The molecular weight excluding hydrogens is 238 g/mol. The summed E-state index contributed by atoms with van der Waals surface area (Å²) in [5.74, 6) is 0. The Kier molecular flexibility index (Phi) is 3.29. The van der Waals surface area contributed by atoms with E-state index < -0.39 is 0 Å². The SMILES string of the molecule is CNCc1cn(CCn2cccn2)c2ncccc12. The average molecular weight is 255 g/mol. The number of pyridine rings is 1. The van der Waals surface area contributed by atoms with Gasteiger partial charge in [-0.15, -0.1) is 0 Å². The van der Waals surface area contributed by atoms with E-state index in [2.05, 4.69) is 32.2 Å². The molecule has 0 aliphatic rings. The zero-order valence-corrected chi connectivity index (χ0v) is 11.0. The molecular formula is C14H17N5. The average Bonchev–Trinajstić information content (AvgIpc) is 3.06. The van der Waals surface area contributed by atoms with Gasteiger partial charge in [0.15, 0.2) is 0 Å². The van der Waals surface area contributed by atoms with Gasteiger partial charge in [-0.05, 0) is 30.8 Å². The molecule has 3 aromatic rings. The number of hydrogen-bond donors (Lipinski definition) is 1. The van der Waals surface area contributed by atoms with Gasteiger partial charge in [0.2, 0.25) is 0 Å². The van der Waals surface area contributed by atoms with E-state index in [-0.39, 0.29) is 0 Å². The Hall–Kier alpha value is -2.14. The fourth-order valence-corrected chi connectivity index (χ4v) is 2.34. The number of aromatic nitrogens is 4. The third-order valence-electron chi connectivity index (χ3n) is 3.21. The minimum absolute atomic E-state index is 0.854. The predicted octanol–water partition coefficient (Wildman–Crippen LogP) is 1.65. The van der Waals surface area contributed by atoms with E-state index in [9.17, 15) is 0 Å². The Labute approximate surface area is 111 Å². The van der Waals surface area contributed by atoms with Crippen molar-refractivity contribution in [1.82, 2.24) is 24.6 Å². The first-order valence-corrected chi connectivity index (χ1v) is 6.43. The van der Waals surface area contributed by atoms with Crippen molar-refractivity contribution in [2.24, 2.45) is 0 Å². The second-order valence-electron chi connectivity index (χ2n) is 4.52. The summed E-state index contributed by atoms with van der Waals surface area (Å²) in [6.07, 6.45) is 7.81. The lowest BCUT2D eigenvalue weighted by Crippen LogP contribution is -2.07. The molecule has 19 heavy (non-hydrogen) atoms. The van der Waals surface area contributed by atoms with Crippen LogP contribution in [-0.2, 0) is 19.6 Å². The molecule has 0 atom stereocenters. The molecule has 1 N–H and O–H groups in total. The van der Waals surface area contributed by atoms with E-state index in [1.807, 2.05) is 36.3 Å². The molecule has 3 heterocycles. The van der Waals surface area contributed by atoms with Crippen LogP contribution in [0.1, 0.15) is 5.56 Å². The molecule has 0 spiro atoms. The van der Waals surface area contributed by atoms with Crippen LogP contribution in [0.25, 0.3) is 11.0 Å². The number of nitrogens with zero attached hydrogens (tertiary/aromatic N) is 4. The maximum atomic E-state index is 4.49. The van der Waals surface area contributed by atoms with E-state index in [1.54, 1.807) is 6.20 Å². The van der Waals surface area contributed by atoms with E-state index >= 15 is 0 Å². The zero-order chi connectivity index (χ0) is 13.1. The van der Waals surface area contributed by atoms with Crippen LogP contribution in [-0.4, -0.2) is 26.4 Å². The molecule has 0 saturated carbocycles. The molecule has 5 nitrogen and oxygen atoms in total. The minimum Gasteiger partial charge on any atom is -0.330 e. The lowest BCUT2D eigenvalue weighted by Gasteiger charge is -2.04. The summed E-state index contributed by atoms with van der Waals surface area (Å²) >= 11 is 0. The van der Waals surface area contributed by atoms with Gasteiger partial charge in [0.05, 0.1) is 6.54 Å². The van der Waals surface area contributed by atoms with Crippen LogP contribution in [0.3, 0.4) is 0 Å². The standard InChI is InChI=1S/C14H17N5/c1-15-10-12-11-18(8-9-19-7-3-6-17-19)14-13(12)4-2-5-16-14/h2-7,11,15H,8-10H2,1H3. The van der Waals surface area contributed by atoms with Gasteiger partial charge in [-0.2, -0.15) is 5.10 Å². The van der Waals surface area contributed by atoms with E-state index in [0.29, 0.717) is 0 Å². The molecule has 0 aromatic carbocycles. The molecule has 0 bridgehead atoms. The molecule has 3 rings (SSSR count). The first-order chi connectivity index (χ1) is 9.38. The Morgan fingerprint density at radius 2 is 2.16 bits per heavy atom. The normalized spacial score (nSPS) is 11.2. The number of hydrogen-bond acceptors (Lipinski definition) is 3. The van der Waals surface area contributed by atoms with Crippen molar-refractivity contribution >= 4 is 11.0 Å². The monoisotopic (exact) mass is 255 g/mol. The third-order valence-corrected chi connectivity index (χ3v) is 3.21. The van der Waals surface area contributed by atoms with Crippen molar-refractivity contribution in [2.75, 3.05) is 7.05 Å². The van der Waals surface area contributed by atoms with Crippen molar-refractivity contribution < 1.29 is 0 Å². The first-order valence-electron chi connectivity index (χ1n) is 6.43. The van der Waals surface area contributed by atoms with Crippen LogP contribution in [0.15, 0.2) is 43.0 Å². The van der Waals surface area contributed by atoms with Crippen LogP contribution >= 0.6 is 0 Å². The highest BCUT2D eigenvalue weighted by atomic mass is 15.3. The van der Waals surface area contributed by atoms with Crippen LogP contribution in [0.2, 0.25) is 0 Å². The first kappa shape index (κ1) is 11.9. The highest BCUT2D eigenvalue weighted by Crippen LogP contribution is 2.19. The van der Waals surface area contributed by atoms with Gasteiger partial charge in [-0.25, -0.2) is 4.98 Å². The molecule has 3 aromatic heterocycles. The second-order valence-corrected chi connectivity index (χ2v) is 4.52. The lowest BCUT2D eigenvalue weighted by molar-refractivity contribution is 0.540. The van der Waals surface area contributed by atoms with Crippen molar-refractivity contribution in [3.63, 3.8) is 0 Å². The van der Waals surface area contributed by atoms with Crippen molar-refractivity contribution in [3.05, 3.63) is 48.5 Å². The van der Waals surface area contributed by atoms with Gasteiger partial charge < -0.3 is 9.88 Å². The van der Waals surface area contributed by atoms with Crippen LogP contribution in [0.4, 0.5) is 0 Å². The summed E-state index contributed by atoms with van der Waals surface area (Å²) in [5.41, 5.74) is 2.32. The largest absolute Gasteiger partial charge is 0.330 e. The third kappa shape index (κ3) is 2.37. The fourth-order valence-electron chi connectivity index (χ4n) is 2.34. The molecule has 0 fully saturated rings. The van der Waals surface area contributed by atoms with E-state index in [1.165, 1.54) is 10.9 Å². The number of aryl methyl sites for hydroxylation is 2.